The van der Waals surface area contributed by atoms with E-state index in [1.807, 2.05) is 29.2 Å². The van der Waals surface area contributed by atoms with Crippen molar-refractivity contribution in [2.75, 3.05) is 11.9 Å². The van der Waals surface area contributed by atoms with Crippen molar-refractivity contribution in [1.29, 1.82) is 0 Å². The molecule has 3 aromatic rings. The van der Waals surface area contributed by atoms with Crippen LogP contribution >= 0.6 is 11.3 Å². The fourth-order valence-corrected chi connectivity index (χ4v) is 3.97. The van der Waals surface area contributed by atoms with Gasteiger partial charge in [-0.2, -0.15) is 0 Å². The largest absolute Gasteiger partial charge is 0.423 e. The van der Waals surface area contributed by atoms with Crippen LogP contribution in [0.5, 0.6) is 0 Å². The Morgan fingerprint density at radius 1 is 1.42 bits per heavy atom. The molecule has 1 atom stereocenters. The number of hydrogen-bond donors (Lipinski definition) is 1. The molecular formula is C17H16N4O2S. The van der Waals surface area contributed by atoms with Crippen molar-refractivity contribution < 1.29 is 9.21 Å². The highest BCUT2D eigenvalue weighted by atomic mass is 32.1. The third-order valence-corrected chi connectivity index (χ3v) is 5.26. The predicted octanol–water partition coefficient (Wildman–Crippen LogP) is 3.95. The SMILES string of the molecule is CC1c2ccsc2CCN1C(=O)Nc1cccc(-c2nnco2)c1. The summed E-state index contributed by atoms with van der Waals surface area (Å²) in [6.45, 7) is 2.79. The van der Waals surface area contributed by atoms with E-state index < -0.39 is 0 Å². The van der Waals surface area contributed by atoms with Crippen LogP contribution in [0.2, 0.25) is 0 Å². The molecular weight excluding hydrogens is 324 g/mol. The molecule has 1 aromatic carbocycles. The average molecular weight is 340 g/mol. The van der Waals surface area contributed by atoms with Gasteiger partial charge in [-0.25, -0.2) is 4.79 Å². The number of nitrogens with one attached hydrogen (secondary N) is 1. The summed E-state index contributed by atoms with van der Waals surface area (Å²) in [6, 6.07) is 9.50. The Morgan fingerprint density at radius 2 is 2.33 bits per heavy atom. The van der Waals surface area contributed by atoms with Gasteiger partial charge in [-0.05, 0) is 48.6 Å². The second-order valence-electron chi connectivity index (χ2n) is 5.67. The van der Waals surface area contributed by atoms with Crippen LogP contribution < -0.4 is 5.32 Å². The highest BCUT2D eigenvalue weighted by Crippen LogP contribution is 2.33. The van der Waals surface area contributed by atoms with E-state index in [0.29, 0.717) is 11.6 Å². The average Bonchev–Trinajstić information content (AvgIpc) is 3.27. The number of hydrogen-bond acceptors (Lipinski definition) is 5. The number of carbonyl (C=O) groups excluding carboxylic acids is 1. The third kappa shape index (κ3) is 2.67. The summed E-state index contributed by atoms with van der Waals surface area (Å²) in [4.78, 5) is 15.9. The zero-order chi connectivity index (χ0) is 16.5. The van der Waals surface area contributed by atoms with Crippen LogP contribution in [-0.2, 0) is 6.42 Å². The van der Waals surface area contributed by atoms with Gasteiger partial charge in [0, 0.05) is 22.7 Å². The molecule has 0 spiro atoms. The van der Waals surface area contributed by atoms with Gasteiger partial charge in [0.1, 0.15) is 0 Å². The first kappa shape index (κ1) is 14.9. The first-order valence-corrected chi connectivity index (χ1v) is 8.61. The lowest BCUT2D eigenvalue weighted by Gasteiger charge is -2.33. The minimum absolute atomic E-state index is 0.0825. The van der Waals surface area contributed by atoms with E-state index in [1.165, 1.54) is 16.8 Å². The highest BCUT2D eigenvalue weighted by molar-refractivity contribution is 7.10. The normalized spacial score (nSPS) is 16.7. The maximum Gasteiger partial charge on any atom is 0.322 e. The molecule has 24 heavy (non-hydrogen) atoms. The molecule has 7 heteroatoms. The van der Waals surface area contributed by atoms with Gasteiger partial charge < -0.3 is 14.6 Å². The van der Waals surface area contributed by atoms with Crippen LogP contribution in [0.25, 0.3) is 11.5 Å². The van der Waals surface area contributed by atoms with Gasteiger partial charge in [0.05, 0.1) is 6.04 Å². The van der Waals surface area contributed by atoms with E-state index >= 15 is 0 Å². The van der Waals surface area contributed by atoms with Crippen molar-refractivity contribution >= 4 is 23.1 Å². The fraction of sp³-hybridized carbons (Fsp3) is 0.235. The molecule has 0 fully saturated rings. The first-order chi connectivity index (χ1) is 11.7. The smallest absolute Gasteiger partial charge is 0.322 e. The zero-order valence-electron chi connectivity index (χ0n) is 13.1. The van der Waals surface area contributed by atoms with Crippen LogP contribution in [0, 0.1) is 0 Å². The molecule has 0 bridgehead atoms. The summed E-state index contributed by atoms with van der Waals surface area (Å²) >= 11 is 1.77. The summed E-state index contributed by atoms with van der Waals surface area (Å²) < 4.78 is 5.20. The first-order valence-electron chi connectivity index (χ1n) is 7.73. The van der Waals surface area contributed by atoms with Crippen molar-refractivity contribution in [1.82, 2.24) is 15.1 Å². The van der Waals surface area contributed by atoms with Gasteiger partial charge in [-0.3, -0.25) is 0 Å². The summed E-state index contributed by atoms with van der Waals surface area (Å²) in [5.74, 6) is 0.431. The molecule has 6 nitrogen and oxygen atoms in total. The number of anilines is 1. The van der Waals surface area contributed by atoms with E-state index in [1.54, 1.807) is 11.3 Å². The topological polar surface area (TPSA) is 71.3 Å². The van der Waals surface area contributed by atoms with Gasteiger partial charge in [0.15, 0.2) is 0 Å². The lowest BCUT2D eigenvalue weighted by atomic mass is 10.0. The number of thiophene rings is 1. The van der Waals surface area contributed by atoms with Crippen molar-refractivity contribution in [3.8, 4) is 11.5 Å². The second kappa shape index (κ2) is 6.09. The van der Waals surface area contributed by atoms with Crippen molar-refractivity contribution in [3.63, 3.8) is 0 Å². The van der Waals surface area contributed by atoms with Crippen LogP contribution in [0.15, 0.2) is 46.5 Å². The van der Waals surface area contributed by atoms with E-state index in [9.17, 15) is 4.79 Å². The molecule has 0 saturated heterocycles. The number of rotatable bonds is 2. The monoisotopic (exact) mass is 340 g/mol. The Hall–Kier alpha value is -2.67. The Bertz CT molecular complexity index is 859. The standard InChI is InChI=1S/C17H16N4O2S/c1-11-14-6-8-24-15(14)5-7-21(11)17(22)19-13-4-2-3-12(9-13)16-20-18-10-23-16/h2-4,6,8-11H,5,7H2,1H3,(H,19,22). The minimum Gasteiger partial charge on any atom is -0.423 e. The fourth-order valence-electron chi connectivity index (χ4n) is 3.01. The number of aromatic nitrogens is 2. The quantitative estimate of drug-likeness (QED) is 0.767. The Labute approximate surface area is 143 Å². The van der Waals surface area contributed by atoms with Crippen LogP contribution in [0.1, 0.15) is 23.4 Å². The molecule has 0 aliphatic carbocycles. The van der Waals surface area contributed by atoms with Crippen LogP contribution in [0.3, 0.4) is 0 Å². The van der Waals surface area contributed by atoms with Gasteiger partial charge in [0.2, 0.25) is 12.3 Å². The number of benzene rings is 1. The molecule has 1 unspecified atom stereocenters. The van der Waals surface area contributed by atoms with E-state index in [-0.39, 0.29) is 12.1 Å². The molecule has 3 heterocycles. The van der Waals surface area contributed by atoms with Gasteiger partial charge in [-0.15, -0.1) is 21.5 Å². The summed E-state index contributed by atoms with van der Waals surface area (Å²) in [7, 11) is 0. The van der Waals surface area contributed by atoms with Gasteiger partial charge in [-0.1, -0.05) is 6.07 Å². The van der Waals surface area contributed by atoms with Crippen molar-refractivity contribution in [3.05, 3.63) is 52.5 Å². The van der Waals surface area contributed by atoms with Crippen molar-refractivity contribution in [2.45, 2.75) is 19.4 Å². The van der Waals surface area contributed by atoms with Crippen LogP contribution in [0.4, 0.5) is 10.5 Å². The zero-order valence-corrected chi connectivity index (χ0v) is 13.9. The van der Waals surface area contributed by atoms with E-state index in [0.717, 1.165) is 18.5 Å². The number of urea groups is 1. The van der Waals surface area contributed by atoms with E-state index in [4.69, 9.17) is 4.42 Å². The number of nitrogens with zero attached hydrogens (tertiary/aromatic N) is 3. The Balaban J connectivity index is 1.52. The maximum atomic E-state index is 12.7. The Morgan fingerprint density at radius 3 is 3.17 bits per heavy atom. The maximum absolute atomic E-state index is 12.7. The van der Waals surface area contributed by atoms with Gasteiger partial charge in [0.25, 0.3) is 0 Å². The lowest BCUT2D eigenvalue weighted by Crippen LogP contribution is -2.40. The predicted molar refractivity (Wildman–Crippen MR) is 91.9 cm³/mol. The molecule has 2 aromatic heterocycles. The van der Waals surface area contributed by atoms with Gasteiger partial charge >= 0.3 is 6.03 Å². The number of fused-ring (bicyclic) bond motifs is 1. The molecule has 122 valence electrons. The second-order valence-corrected chi connectivity index (χ2v) is 6.67. The molecule has 0 radical (unpaired) electrons. The van der Waals surface area contributed by atoms with Crippen LogP contribution in [-0.4, -0.2) is 27.7 Å². The highest BCUT2D eigenvalue weighted by Gasteiger charge is 2.28. The molecule has 2 amide bonds. The third-order valence-electron chi connectivity index (χ3n) is 4.26. The Kier molecular flexibility index (Phi) is 3.78. The summed E-state index contributed by atoms with van der Waals surface area (Å²) in [5.41, 5.74) is 2.73. The molecule has 1 N–H and O–H groups in total. The number of carbonyl (C=O) groups is 1. The minimum atomic E-state index is -0.0953. The lowest BCUT2D eigenvalue weighted by molar-refractivity contribution is 0.189. The molecule has 0 saturated carbocycles. The van der Waals surface area contributed by atoms with Crippen molar-refractivity contribution in [2.24, 2.45) is 0 Å². The number of amides is 2. The molecule has 1 aliphatic rings. The van der Waals surface area contributed by atoms with E-state index in [2.05, 4.69) is 33.9 Å². The molecule has 1 aliphatic heterocycles. The summed E-state index contributed by atoms with van der Waals surface area (Å²) in [6.07, 6.45) is 2.20. The summed E-state index contributed by atoms with van der Waals surface area (Å²) in [5, 5.41) is 12.6. The molecule has 4 rings (SSSR count).